The second-order valence-electron chi connectivity index (χ2n) is 6.03. The van der Waals surface area contributed by atoms with Crippen LogP contribution in [0.4, 0.5) is 0 Å². The molecule has 0 unspecified atom stereocenters. The Balaban J connectivity index is 1.88. The van der Waals surface area contributed by atoms with Gasteiger partial charge in [-0.25, -0.2) is 0 Å². The van der Waals surface area contributed by atoms with Crippen molar-refractivity contribution in [1.82, 2.24) is 9.80 Å². The number of amides is 1. The third-order valence-electron chi connectivity index (χ3n) is 4.54. The molecule has 21 heavy (non-hydrogen) atoms. The number of carbonyl (C=O) groups excluding carboxylic acids is 1. The summed E-state index contributed by atoms with van der Waals surface area (Å²) in [5.74, 6) is 0.866. The van der Waals surface area contributed by atoms with E-state index < -0.39 is 0 Å². The average molecular weight is 290 g/mol. The van der Waals surface area contributed by atoms with Crippen molar-refractivity contribution in [3.63, 3.8) is 0 Å². The highest BCUT2D eigenvalue weighted by atomic mass is 16.5. The SMILES string of the molecule is Cc1cccc(OCC(=O)N(C)C2CCN(C)CC2)c1C. The highest BCUT2D eigenvalue weighted by Crippen LogP contribution is 2.21. The average Bonchev–Trinajstić information content (AvgIpc) is 2.48. The van der Waals surface area contributed by atoms with Crippen LogP contribution >= 0.6 is 0 Å². The molecule has 1 aliphatic heterocycles. The van der Waals surface area contributed by atoms with E-state index in [0.29, 0.717) is 6.04 Å². The Hall–Kier alpha value is -1.55. The lowest BCUT2D eigenvalue weighted by molar-refractivity contribution is -0.135. The number of benzene rings is 1. The second kappa shape index (κ2) is 6.94. The Morgan fingerprint density at radius 2 is 2.00 bits per heavy atom. The van der Waals surface area contributed by atoms with Crippen molar-refractivity contribution in [2.24, 2.45) is 0 Å². The molecule has 0 spiro atoms. The maximum absolute atomic E-state index is 12.3. The molecule has 0 atom stereocenters. The van der Waals surface area contributed by atoms with Crippen molar-refractivity contribution in [3.8, 4) is 5.75 Å². The minimum absolute atomic E-state index is 0.0606. The molecule has 116 valence electrons. The predicted molar refractivity (Wildman–Crippen MR) is 84.7 cm³/mol. The van der Waals surface area contributed by atoms with Crippen molar-refractivity contribution in [2.45, 2.75) is 32.7 Å². The molecule has 0 aromatic heterocycles. The maximum Gasteiger partial charge on any atom is 0.260 e. The van der Waals surface area contributed by atoms with Crippen LogP contribution in [0.2, 0.25) is 0 Å². The van der Waals surface area contributed by atoms with E-state index in [4.69, 9.17) is 4.74 Å². The summed E-state index contributed by atoms with van der Waals surface area (Å²) < 4.78 is 5.71. The summed E-state index contributed by atoms with van der Waals surface area (Å²) in [6.45, 7) is 6.30. The number of hydrogen-bond donors (Lipinski definition) is 0. The first kappa shape index (κ1) is 15.8. The molecule has 0 N–H and O–H groups in total. The van der Waals surface area contributed by atoms with Crippen LogP contribution in [0.1, 0.15) is 24.0 Å². The van der Waals surface area contributed by atoms with Gasteiger partial charge in [-0.1, -0.05) is 12.1 Å². The van der Waals surface area contributed by atoms with Crippen LogP contribution in [0.25, 0.3) is 0 Å². The molecule has 0 bridgehead atoms. The van der Waals surface area contributed by atoms with Crippen molar-refractivity contribution >= 4 is 5.91 Å². The first-order valence-electron chi connectivity index (χ1n) is 7.62. The summed E-state index contributed by atoms with van der Waals surface area (Å²) in [5.41, 5.74) is 2.29. The third-order valence-corrected chi connectivity index (χ3v) is 4.54. The van der Waals surface area contributed by atoms with E-state index in [1.807, 2.05) is 31.0 Å². The van der Waals surface area contributed by atoms with Gasteiger partial charge in [0.15, 0.2) is 6.61 Å². The lowest BCUT2D eigenvalue weighted by atomic mass is 10.0. The van der Waals surface area contributed by atoms with E-state index in [1.54, 1.807) is 0 Å². The number of likely N-dealkylation sites (tertiary alicyclic amines) is 1. The number of rotatable bonds is 4. The van der Waals surface area contributed by atoms with Gasteiger partial charge >= 0.3 is 0 Å². The van der Waals surface area contributed by atoms with Crippen molar-refractivity contribution in [2.75, 3.05) is 33.8 Å². The van der Waals surface area contributed by atoms with Gasteiger partial charge in [-0.2, -0.15) is 0 Å². The van der Waals surface area contributed by atoms with Gasteiger partial charge in [-0.3, -0.25) is 4.79 Å². The van der Waals surface area contributed by atoms with E-state index in [1.165, 1.54) is 5.56 Å². The first-order valence-corrected chi connectivity index (χ1v) is 7.62. The number of carbonyl (C=O) groups is 1. The second-order valence-corrected chi connectivity index (χ2v) is 6.03. The summed E-state index contributed by atoms with van der Waals surface area (Å²) in [5, 5.41) is 0. The maximum atomic E-state index is 12.3. The van der Waals surface area contributed by atoms with Gasteiger partial charge in [0.2, 0.25) is 0 Å². The molecule has 4 heteroatoms. The number of nitrogens with zero attached hydrogens (tertiary/aromatic N) is 2. The first-order chi connectivity index (χ1) is 9.99. The zero-order chi connectivity index (χ0) is 15.4. The Bertz CT molecular complexity index is 494. The van der Waals surface area contributed by atoms with Gasteiger partial charge < -0.3 is 14.5 Å². The Morgan fingerprint density at radius 3 is 2.67 bits per heavy atom. The summed E-state index contributed by atoms with van der Waals surface area (Å²) in [7, 11) is 4.02. The molecule has 1 fully saturated rings. The lowest BCUT2D eigenvalue weighted by Crippen LogP contribution is -2.45. The zero-order valence-corrected chi connectivity index (χ0v) is 13.6. The molecule has 1 aromatic carbocycles. The Kier molecular flexibility index (Phi) is 5.23. The van der Waals surface area contributed by atoms with E-state index in [-0.39, 0.29) is 12.5 Å². The topological polar surface area (TPSA) is 32.8 Å². The molecule has 4 nitrogen and oxygen atoms in total. The molecule has 0 saturated carbocycles. The summed E-state index contributed by atoms with van der Waals surface area (Å²) in [6, 6.07) is 6.28. The summed E-state index contributed by atoms with van der Waals surface area (Å²) in [4.78, 5) is 16.4. The van der Waals surface area contributed by atoms with Gasteiger partial charge in [0, 0.05) is 13.1 Å². The summed E-state index contributed by atoms with van der Waals surface area (Å²) >= 11 is 0. The van der Waals surface area contributed by atoms with Gasteiger partial charge in [0.25, 0.3) is 5.91 Å². The minimum Gasteiger partial charge on any atom is -0.483 e. The largest absolute Gasteiger partial charge is 0.483 e. The Labute approximate surface area is 127 Å². The third kappa shape index (κ3) is 3.97. The van der Waals surface area contributed by atoms with Crippen LogP contribution in [-0.4, -0.2) is 55.5 Å². The van der Waals surface area contributed by atoms with Crippen molar-refractivity contribution < 1.29 is 9.53 Å². The zero-order valence-electron chi connectivity index (χ0n) is 13.6. The van der Waals surface area contributed by atoms with Crippen LogP contribution in [0.5, 0.6) is 5.75 Å². The van der Waals surface area contributed by atoms with E-state index >= 15 is 0 Å². The molecule has 1 amide bonds. The van der Waals surface area contributed by atoms with Crippen LogP contribution in [-0.2, 0) is 4.79 Å². The smallest absolute Gasteiger partial charge is 0.260 e. The highest BCUT2D eigenvalue weighted by Gasteiger charge is 2.24. The molecule has 1 aromatic rings. The quantitative estimate of drug-likeness (QED) is 0.852. The fourth-order valence-corrected chi connectivity index (χ4v) is 2.71. The molecule has 0 aliphatic carbocycles. The summed E-state index contributed by atoms with van der Waals surface area (Å²) in [6.07, 6.45) is 2.09. The fourth-order valence-electron chi connectivity index (χ4n) is 2.71. The van der Waals surface area contributed by atoms with Gasteiger partial charge in [0.1, 0.15) is 5.75 Å². The fraction of sp³-hybridized carbons (Fsp3) is 0.588. The highest BCUT2D eigenvalue weighted by molar-refractivity contribution is 5.77. The van der Waals surface area contributed by atoms with E-state index in [2.05, 4.69) is 24.9 Å². The molecule has 0 radical (unpaired) electrons. The van der Waals surface area contributed by atoms with Crippen LogP contribution in [0, 0.1) is 13.8 Å². The van der Waals surface area contributed by atoms with E-state index in [0.717, 1.165) is 37.2 Å². The van der Waals surface area contributed by atoms with Crippen LogP contribution in [0.3, 0.4) is 0 Å². The number of aryl methyl sites for hydroxylation is 1. The van der Waals surface area contributed by atoms with E-state index in [9.17, 15) is 4.79 Å². The molecule has 1 saturated heterocycles. The number of piperidine rings is 1. The van der Waals surface area contributed by atoms with Crippen molar-refractivity contribution in [3.05, 3.63) is 29.3 Å². The molecule has 1 aliphatic rings. The van der Waals surface area contributed by atoms with Gasteiger partial charge in [-0.05, 0) is 64.0 Å². The normalized spacial score (nSPS) is 16.8. The molecular formula is C17H26N2O2. The van der Waals surface area contributed by atoms with Gasteiger partial charge in [0.05, 0.1) is 0 Å². The number of hydrogen-bond acceptors (Lipinski definition) is 3. The van der Waals surface area contributed by atoms with Crippen molar-refractivity contribution in [1.29, 1.82) is 0 Å². The minimum atomic E-state index is 0.0606. The molecule has 2 rings (SSSR count). The Morgan fingerprint density at radius 1 is 1.33 bits per heavy atom. The molecular weight excluding hydrogens is 264 g/mol. The van der Waals surface area contributed by atoms with Crippen LogP contribution < -0.4 is 4.74 Å². The standard InChI is InChI=1S/C17H26N2O2/c1-13-6-5-7-16(14(13)2)21-12-17(20)19(4)15-8-10-18(3)11-9-15/h5-7,15H,8-12H2,1-4H3. The number of likely N-dealkylation sites (N-methyl/N-ethyl adjacent to an activating group) is 1. The predicted octanol–water partition coefficient (Wildman–Crippen LogP) is 2.23. The molecule has 1 heterocycles. The monoisotopic (exact) mass is 290 g/mol. The van der Waals surface area contributed by atoms with Gasteiger partial charge in [-0.15, -0.1) is 0 Å². The van der Waals surface area contributed by atoms with Crippen LogP contribution in [0.15, 0.2) is 18.2 Å². The lowest BCUT2D eigenvalue weighted by Gasteiger charge is -2.35. The number of ether oxygens (including phenoxy) is 1.